The number of benzene rings is 2. The molecule has 2 aromatic carbocycles. The molecule has 0 aliphatic rings. The van der Waals surface area contributed by atoms with Crippen molar-refractivity contribution in [1.29, 1.82) is 0 Å². The van der Waals surface area contributed by atoms with Crippen LogP contribution in [-0.4, -0.2) is 19.2 Å². The van der Waals surface area contributed by atoms with Crippen LogP contribution in [0.2, 0.25) is 0 Å². The molecule has 0 radical (unpaired) electrons. The largest absolute Gasteiger partial charge is 0.493 e. The number of aryl methyl sites for hydroxylation is 2. The minimum atomic E-state index is 0.721. The summed E-state index contributed by atoms with van der Waals surface area (Å²) in [5.41, 5.74) is 4.49. The SMILES string of the molecule is COc1ccc(-c2c[n+](C)c(-c3ccc(C)cc3)[nH]2)cc1OC. The van der Waals surface area contributed by atoms with Gasteiger partial charge in [-0.05, 0) is 37.3 Å². The highest BCUT2D eigenvalue weighted by molar-refractivity contribution is 5.65. The van der Waals surface area contributed by atoms with Gasteiger partial charge in [-0.2, -0.15) is 0 Å². The zero-order valence-electron chi connectivity index (χ0n) is 13.9. The van der Waals surface area contributed by atoms with Gasteiger partial charge in [-0.25, -0.2) is 9.55 Å². The normalized spacial score (nSPS) is 10.6. The summed E-state index contributed by atoms with van der Waals surface area (Å²) in [6, 6.07) is 14.4. The summed E-state index contributed by atoms with van der Waals surface area (Å²) in [6.07, 6.45) is 2.08. The van der Waals surface area contributed by atoms with Crippen molar-refractivity contribution in [2.24, 2.45) is 7.05 Å². The minimum Gasteiger partial charge on any atom is -0.493 e. The standard InChI is InChI=1S/C19H20N2O2/c1-13-5-7-14(8-6-13)19-20-16(12-21(19)2)15-9-10-17(22-3)18(11-15)23-4/h5-12H,1-4H3/p+1. The van der Waals surface area contributed by atoms with Crippen LogP contribution in [-0.2, 0) is 7.05 Å². The summed E-state index contributed by atoms with van der Waals surface area (Å²) in [6.45, 7) is 2.09. The zero-order valence-corrected chi connectivity index (χ0v) is 13.9. The number of ether oxygens (including phenoxy) is 2. The third-order valence-electron chi connectivity index (χ3n) is 3.95. The van der Waals surface area contributed by atoms with E-state index in [1.54, 1.807) is 14.2 Å². The Kier molecular flexibility index (Phi) is 4.06. The van der Waals surface area contributed by atoms with Gasteiger partial charge in [0.25, 0.3) is 5.82 Å². The number of imidazole rings is 1. The fraction of sp³-hybridized carbons (Fsp3) is 0.211. The highest BCUT2D eigenvalue weighted by Crippen LogP contribution is 2.32. The number of nitrogens with one attached hydrogen (secondary N) is 1. The summed E-state index contributed by atoms with van der Waals surface area (Å²) in [7, 11) is 5.33. The first kappa shape index (κ1) is 15.2. The molecule has 0 atom stereocenters. The molecule has 0 unspecified atom stereocenters. The predicted octanol–water partition coefficient (Wildman–Crippen LogP) is 3.50. The summed E-state index contributed by atoms with van der Waals surface area (Å²) in [4.78, 5) is 3.49. The third-order valence-corrected chi connectivity index (χ3v) is 3.95. The summed E-state index contributed by atoms with van der Waals surface area (Å²) >= 11 is 0. The topological polar surface area (TPSA) is 38.1 Å². The number of hydrogen-bond donors (Lipinski definition) is 1. The Balaban J connectivity index is 2.02. The zero-order chi connectivity index (χ0) is 16.4. The van der Waals surface area contributed by atoms with Crippen molar-refractivity contribution in [1.82, 2.24) is 4.98 Å². The van der Waals surface area contributed by atoms with Gasteiger partial charge in [0.1, 0.15) is 6.20 Å². The maximum Gasteiger partial charge on any atom is 0.286 e. The molecule has 0 bridgehead atoms. The average Bonchev–Trinajstić information content (AvgIpc) is 2.96. The molecule has 3 rings (SSSR count). The minimum absolute atomic E-state index is 0.721. The van der Waals surface area contributed by atoms with Crippen LogP contribution in [0.25, 0.3) is 22.6 Å². The molecule has 0 aliphatic carbocycles. The molecular weight excluding hydrogens is 288 g/mol. The van der Waals surface area contributed by atoms with Crippen LogP contribution < -0.4 is 14.0 Å². The molecule has 0 amide bonds. The number of methoxy groups -OCH3 is 2. The van der Waals surface area contributed by atoms with E-state index in [9.17, 15) is 0 Å². The van der Waals surface area contributed by atoms with Gasteiger partial charge in [-0.15, -0.1) is 0 Å². The van der Waals surface area contributed by atoms with Crippen molar-refractivity contribution < 1.29 is 14.0 Å². The van der Waals surface area contributed by atoms with Gasteiger partial charge < -0.3 is 9.47 Å². The third kappa shape index (κ3) is 2.93. The average molecular weight is 309 g/mol. The lowest BCUT2D eigenvalue weighted by molar-refractivity contribution is -0.658. The van der Waals surface area contributed by atoms with E-state index in [1.165, 1.54) is 5.56 Å². The first-order chi connectivity index (χ1) is 11.1. The van der Waals surface area contributed by atoms with Crippen molar-refractivity contribution in [2.75, 3.05) is 14.2 Å². The van der Waals surface area contributed by atoms with E-state index in [0.29, 0.717) is 0 Å². The van der Waals surface area contributed by atoms with Crippen molar-refractivity contribution in [3.8, 4) is 34.1 Å². The maximum atomic E-state index is 5.39. The van der Waals surface area contributed by atoms with Gasteiger partial charge in [0.15, 0.2) is 17.2 Å². The van der Waals surface area contributed by atoms with E-state index < -0.39 is 0 Å². The molecule has 1 aromatic heterocycles. The predicted molar refractivity (Wildman–Crippen MR) is 90.7 cm³/mol. The second-order valence-electron chi connectivity index (χ2n) is 5.56. The molecule has 1 N–H and O–H groups in total. The molecule has 3 aromatic rings. The second-order valence-corrected chi connectivity index (χ2v) is 5.56. The Hall–Kier alpha value is -2.75. The lowest BCUT2D eigenvalue weighted by atomic mass is 10.1. The number of H-pyrrole nitrogens is 1. The highest BCUT2D eigenvalue weighted by atomic mass is 16.5. The van der Waals surface area contributed by atoms with Gasteiger partial charge in [0, 0.05) is 5.56 Å². The molecule has 4 nitrogen and oxygen atoms in total. The van der Waals surface area contributed by atoms with E-state index in [2.05, 4.69) is 46.9 Å². The van der Waals surface area contributed by atoms with Crippen LogP contribution in [0.1, 0.15) is 5.56 Å². The van der Waals surface area contributed by atoms with Gasteiger partial charge in [0.05, 0.1) is 26.8 Å². The molecule has 23 heavy (non-hydrogen) atoms. The highest BCUT2D eigenvalue weighted by Gasteiger charge is 2.17. The summed E-state index contributed by atoms with van der Waals surface area (Å²) in [5.74, 6) is 2.51. The number of aromatic nitrogens is 2. The van der Waals surface area contributed by atoms with Crippen LogP contribution >= 0.6 is 0 Å². The van der Waals surface area contributed by atoms with Gasteiger partial charge in [0.2, 0.25) is 0 Å². The Labute approximate surface area is 136 Å². The van der Waals surface area contributed by atoms with E-state index in [4.69, 9.17) is 9.47 Å². The lowest BCUT2D eigenvalue weighted by Crippen LogP contribution is -2.27. The number of nitrogens with zero attached hydrogens (tertiary/aromatic N) is 1. The van der Waals surface area contributed by atoms with Crippen molar-refractivity contribution >= 4 is 0 Å². The van der Waals surface area contributed by atoms with E-state index in [1.807, 2.05) is 25.2 Å². The smallest absolute Gasteiger partial charge is 0.286 e. The van der Waals surface area contributed by atoms with Gasteiger partial charge >= 0.3 is 0 Å². The van der Waals surface area contributed by atoms with Gasteiger partial charge in [-0.3, -0.25) is 0 Å². The van der Waals surface area contributed by atoms with Crippen molar-refractivity contribution in [2.45, 2.75) is 6.92 Å². The Morgan fingerprint density at radius 2 is 1.52 bits per heavy atom. The van der Waals surface area contributed by atoms with Gasteiger partial charge in [-0.1, -0.05) is 17.7 Å². The van der Waals surface area contributed by atoms with E-state index in [-0.39, 0.29) is 0 Å². The first-order valence-corrected chi connectivity index (χ1v) is 7.50. The molecule has 0 aliphatic heterocycles. The fourth-order valence-corrected chi connectivity index (χ4v) is 2.64. The molecular formula is C19H21N2O2+. The quantitative estimate of drug-likeness (QED) is 0.749. The molecule has 1 heterocycles. The van der Waals surface area contributed by atoms with Crippen LogP contribution in [0, 0.1) is 6.92 Å². The summed E-state index contributed by atoms with van der Waals surface area (Å²) < 4.78 is 12.8. The lowest BCUT2D eigenvalue weighted by Gasteiger charge is -2.07. The molecule has 0 fully saturated rings. The monoisotopic (exact) mass is 309 g/mol. The maximum absolute atomic E-state index is 5.39. The Morgan fingerprint density at radius 3 is 2.17 bits per heavy atom. The summed E-state index contributed by atoms with van der Waals surface area (Å²) in [5, 5.41) is 0. The van der Waals surface area contributed by atoms with Crippen LogP contribution in [0.4, 0.5) is 0 Å². The molecule has 0 saturated heterocycles. The van der Waals surface area contributed by atoms with Crippen LogP contribution in [0.15, 0.2) is 48.7 Å². The van der Waals surface area contributed by atoms with Crippen molar-refractivity contribution in [3.05, 3.63) is 54.2 Å². The molecule has 4 heteroatoms. The van der Waals surface area contributed by atoms with E-state index >= 15 is 0 Å². The van der Waals surface area contributed by atoms with Crippen molar-refractivity contribution in [3.63, 3.8) is 0 Å². The molecule has 0 saturated carbocycles. The fourth-order valence-electron chi connectivity index (χ4n) is 2.64. The number of aromatic amines is 1. The molecule has 118 valence electrons. The Morgan fingerprint density at radius 1 is 0.870 bits per heavy atom. The Bertz CT molecular complexity index is 820. The van der Waals surface area contributed by atoms with Crippen LogP contribution in [0.3, 0.4) is 0 Å². The number of rotatable bonds is 4. The van der Waals surface area contributed by atoms with Crippen LogP contribution in [0.5, 0.6) is 11.5 Å². The first-order valence-electron chi connectivity index (χ1n) is 7.50. The molecule has 0 spiro atoms. The van der Waals surface area contributed by atoms with E-state index in [0.717, 1.165) is 34.1 Å². The number of hydrogen-bond acceptors (Lipinski definition) is 2. The second kappa shape index (κ2) is 6.16.